The van der Waals surface area contributed by atoms with Crippen LogP contribution in [0, 0.1) is 5.92 Å². The van der Waals surface area contributed by atoms with E-state index in [1.165, 1.54) is 18.9 Å². The van der Waals surface area contributed by atoms with Gasteiger partial charge in [-0.1, -0.05) is 0 Å². The Labute approximate surface area is 141 Å². The second kappa shape index (κ2) is 7.57. The van der Waals surface area contributed by atoms with Gasteiger partial charge in [-0.05, 0) is 51.0 Å². The molecule has 1 fully saturated rings. The number of alkyl carbamates (subject to hydrolysis) is 1. The van der Waals surface area contributed by atoms with Gasteiger partial charge in [0.05, 0.1) is 25.9 Å². The summed E-state index contributed by atoms with van der Waals surface area (Å²) in [6.07, 6.45) is 3.23. The highest BCUT2D eigenvalue weighted by Gasteiger charge is 2.37. The number of hydrogen-bond donors (Lipinski definition) is 1. The average molecular weight is 343 g/mol. The van der Waals surface area contributed by atoms with Gasteiger partial charge in [0.15, 0.2) is 0 Å². The highest BCUT2D eigenvalue weighted by atomic mass is 32.2. The topological polar surface area (TPSA) is 73.9 Å². The maximum absolute atomic E-state index is 11.9. The van der Waals surface area contributed by atoms with Crippen molar-refractivity contribution in [3.63, 3.8) is 0 Å². The van der Waals surface area contributed by atoms with Crippen molar-refractivity contribution in [1.29, 1.82) is 0 Å². The number of methoxy groups -OCH3 is 1. The number of ether oxygens (including phenoxy) is 3. The molecule has 130 valence electrons. The summed E-state index contributed by atoms with van der Waals surface area (Å²) in [5, 5.41) is 4.36. The normalized spacial score (nSPS) is 25.0. The molecular weight excluding hydrogens is 318 g/mol. The fourth-order valence-corrected chi connectivity index (χ4v) is 3.25. The van der Waals surface area contributed by atoms with Crippen LogP contribution in [0.3, 0.4) is 0 Å². The van der Waals surface area contributed by atoms with Gasteiger partial charge in [0.25, 0.3) is 0 Å². The Hall–Kier alpha value is -1.21. The third-order valence-corrected chi connectivity index (χ3v) is 4.65. The van der Waals surface area contributed by atoms with Gasteiger partial charge in [-0.15, -0.1) is 11.8 Å². The Balaban J connectivity index is 1.84. The number of thioether (sulfide) groups is 1. The molecule has 1 aliphatic heterocycles. The second-order valence-electron chi connectivity index (χ2n) is 6.80. The third kappa shape index (κ3) is 5.73. The maximum atomic E-state index is 11.9. The zero-order chi connectivity index (χ0) is 17.0. The Morgan fingerprint density at radius 1 is 1.35 bits per heavy atom. The molecular formula is C16H25NO5S. The van der Waals surface area contributed by atoms with Crippen molar-refractivity contribution in [3.05, 3.63) is 11.5 Å². The van der Waals surface area contributed by atoms with Crippen molar-refractivity contribution in [2.75, 3.05) is 13.7 Å². The van der Waals surface area contributed by atoms with Gasteiger partial charge in [-0.3, -0.25) is 4.79 Å². The first-order valence-electron chi connectivity index (χ1n) is 7.81. The number of esters is 1. The van der Waals surface area contributed by atoms with E-state index in [-0.39, 0.29) is 23.4 Å². The lowest BCUT2D eigenvalue weighted by atomic mass is 10.2. The Morgan fingerprint density at radius 2 is 2.04 bits per heavy atom. The van der Waals surface area contributed by atoms with Crippen LogP contribution in [0.25, 0.3) is 0 Å². The number of carbonyl (C=O) groups is 2. The molecule has 0 aromatic rings. The predicted octanol–water partition coefficient (Wildman–Crippen LogP) is 2.48. The number of amides is 1. The van der Waals surface area contributed by atoms with Crippen molar-refractivity contribution in [3.8, 4) is 0 Å². The molecule has 1 heterocycles. The van der Waals surface area contributed by atoms with Crippen molar-refractivity contribution in [1.82, 2.24) is 5.32 Å². The molecule has 0 bridgehead atoms. The van der Waals surface area contributed by atoms with Crippen molar-refractivity contribution >= 4 is 23.8 Å². The van der Waals surface area contributed by atoms with E-state index >= 15 is 0 Å². The van der Waals surface area contributed by atoms with E-state index in [0.29, 0.717) is 12.5 Å². The molecule has 0 aromatic heterocycles. The lowest BCUT2D eigenvalue weighted by Gasteiger charge is -2.25. The molecule has 2 aliphatic rings. The van der Waals surface area contributed by atoms with E-state index in [9.17, 15) is 9.59 Å². The van der Waals surface area contributed by atoms with Crippen molar-refractivity contribution in [2.45, 2.75) is 56.6 Å². The summed E-state index contributed by atoms with van der Waals surface area (Å²) in [6, 6.07) is -0.0952. The van der Waals surface area contributed by atoms with Gasteiger partial charge in [-0.2, -0.15) is 0 Å². The molecule has 6 nitrogen and oxygen atoms in total. The van der Waals surface area contributed by atoms with Crippen LogP contribution in [0.1, 0.15) is 33.6 Å². The first-order valence-corrected chi connectivity index (χ1v) is 8.75. The van der Waals surface area contributed by atoms with Gasteiger partial charge in [0.2, 0.25) is 0 Å². The number of nitrogens with one attached hydrogen (secondary N) is 1. The average Bonchev–Trinajstić information content (AvgIpc) is 3.19. The van der Waals surface area contributed by atoms with E-state index in [1.807, 2.05) is 32.3 Å². The minimum absolute atomic E-state index is 0.0952. The van der Waals surface area contributed by atoms with Crippen LogP contribution in [0.5, 0.6) is 0 Å². The third-order valence-electron chi connectivity index (χ3n) is 3.59. The summed E-state index contributed by atoms with van der Waals surface area (Å²) in [6.45, 7) is 5.84. The fraction of sp³-hybridized carbons (Fsp3) is 0.750. The van der Waals surface area contributed by atoms with Gasteiger partial charge in [-0.25, -0.2) is 4.79 Å². The largest absolute Gasteiger partial charge is 0.468 e. The van der Waals surface area contributed by atoms with Gasteiger partial charge in [0, 0.05) is 0 Å². The molecule has 0 aromatic carbocycles. The summed E-state index contributed by atoms with van der Waals surface area (Å²) >= 11 is 1.39. The number of rotatable bonds is 6. The molecule has 1 amide bonds. The predicted molar refractivity (Wildman–Crippen MR) is 88.2 cm³/mol. The Morgan fingerprint density at radius 3 is 2.61 bits per heavy atom. The van der Waals surface area contributed by atoms with E-state index in [4.69, 9.17) is 14.2 Å². The first kappa shape index (κ1) is 18.1. The zero-order valence-electron chi connectivity index (χ0n) is 14.0. The van der Waals surface area contributed by atoms with Gasteiger partial charge >= 0.3 is 12.1 Å². The van der Waals surface area contributed by atoms with E-state index in [0.717, 1.165) is 12.8 Å². The monoisotopic (exact) mass is 343 g/mol. The van der Waals surface area contributed by atoms with Crippen molar-refractivity contribution < 1.29 is 23.8 Å². The first-order chi connectivity index (χ1) is 10.8. The van der Waals surface area contributed by atoms with Crippen LogP contribution in [-0.4, -0.2) is 48.8 Å². The molecule has 23 heavy (non-hydrogen) atoms. The maximum Gasteiger partial charge on any atom is 0.407 e. The Bertz CT molecular complexity index is 470. The van der Waals surface area contributed by atoms with Gasteiger partial charge in [0.1, 0.15) is 10.9 Å². The molecule has 3 atom stereocenters. The SMILES string of the molecule is COC(=O)C1SC=CC1OCC(NC(=O)OC(C)(C)C)C1CC1. The summed E-state index contributed by atoms with van der Waals surface area (Å²) in [4.78, 5) is 23.6. The van der Waals surface area contributed by atoms with E-state index in [2.05, 4.69) is 5.32 Å². The molecule has 3 unspecified atom stereocenters. The van der Waals surface area contributed by atoms with Crippen LogP contribution in [0.2, 0.25) is 0 Å². The standard InChI is InChI=1S/C16H25NO5S/c1-16(2,3)22-15(19)17-11(10-5-6-10)9-21-12-7-8-23-13(12)14(18)20-4/h7-8,10-13H,5-6,9H2,1-4H3,(H,17,19). The summed E-state index contributed by atoms with van der Waals surface area (Å²) in [5.74, 6) is 0.116. The fourth-order valence-electron chi connectivity index (χ4n) is 2.30. The summed E-state index contributed by atoms with van der Waals surface area (Å²) < 4.78 is 15.9. The molecule has 0 spiro atoms. The quantitative estimate of drug-likeness (QED) is 0.747. The zero-order valence-corrected chi connectivity index (χ0v) is 14.9. The highest BCUT2D eigenvalue weighted by Crippen LogP contribution is 2.34. The van der Waals surface area contributed by atoms with Crippen LogP contribution in [-0.2, 0) is 19.0 Å². The molecule has 2 rings (SSSR count). The minimum atomic E-state index is -0.528. The number of carbonyl (C=O) groups excluding carboxylic acids is 2. The van der Waals surface area contributed by atoms with E-state index < -0.39 is 11.7 Å². The molecule has 0 saturated heterocycles. The van der Waals surface area contributed by atoms with Crippen LogP contribution in [0.15, 0.2) is 11.5 Å². The van der Waals surface area contributed by atoms with Crippen LogP contribution >= 0.6 is 11.8 Å². The lowest BCUT2D eigenvalue weighted by Crippen LogP contribution is -2.44. The summed E-state index contributed by atoms with van der Waals surface area (Å²) in [7, 11) is 1.37. The lowest BCUT2D eigenvalue weighted by molar-refractivity contribution is -0.142. The Kier molecular flexibility index (Phi) is 5.97. The van der Waals surface area contributed by atoms with E-state index in [1.54, 1.807) is 0 Å². The van der Waals surface area contributed by atoms with Crippen LogP contribution in [0.4, 0.5) is 4.79 Å². The molecule has 1 aliphatic carbocycles. The van der Waals surface area contributed by atoms with Crippen LogP contribution < -0.4 is 5.32 Å². The minimum Gasteiger partial charge on any atom is -0.468 e. The highest BCUT2D eigenvalue weighted by molar-refractivity contribution is 8.03. The smallest absolute Gasteiger partial charge is 0.407 e. The second-order valence-corrected chi connectivity index (χ2v) is 7.85. The molecule has 1 N–H and O–H groups in total. The van der Waals surface area contributed by atoms with Crippen molar-refractivity contribution in [2.24, 2.45) is 5.92 Å². The molecule has 0 radical (unpaired) electrons. The summed E-state index contributed by atoms with van der Waals surface area (Å²) in [5.41, 5.74) is -0.528. The molecule has 1 saturated carbocycles. The number of hydrogen-bond acceptors (Lipinski definition) is 6. The molecule has 7 heteroatoms. The van der Waals surface area contributed by atoms with Gasteiger partial charge < -0.3 is 19.5 Å².